The maximum Gasteiger partial charge on any atom is 0.139 e. The van der Waals surface area contributed by atoms with E-state index in [9.17, 15) is 0 Å². The van der Waals surface area contributed by atoms with Gasteiger partial charge in [-0.3, -0.25) is 5.41 Å². The molecule has 0 fully saturated rings. The Hall–Kier alpha value is -1.98. The summed E-state index contributed by atoms with van der Waals surface area (Å²) in [6.07, 6.45) is 0. The zero-order valence-electron chi connectivity index (χ0n) is 9.89. The van der Waals surface area contributed by atoms with Gasteiger partial charge in [0.15, 0.2) is 0 Å². The molecule has 0 aliphatic carbocycles. The van der Waals surface area contributed by atoms with Crippen molar-refractivity contribution in [2.45, 2.75) is 5.75 Å². The van der Waals surface area contributed by atoms with Crippen molar-refractivity contribution in [2.24, 2.45) is 0 Å². The van der Waals surface area contributed by atoms with Gasteiger partial charge in [-0.15, -0.1) is 0 Å². The van der Waals surface area contributed by atoms with Crippen molar-refractivity contribution in [3.8, 4) is 11.8 Å². The minimum absolute atomic E-state index is 0.405. The molecular weight excluding hydrogens is 238 g/mol. The van der Waals surface area contributed by atoms with E-state index in [1.165, 1.54) is 17.3 Å². The van der Waals surface area contributed by atoms with E-state index in [0.29, 0.717) is 5.04 Å². The van der Waals surface area contributed by atoms with Gasteiger partial charge in [0.25, 0.3) is 0 Å². The first kappa shape index (κ1) is 12.5. The fourth-order valence-electron chi connectivity index (χ4n) is 1.42. The number of hydrogen-bond donors (Lipinski definition) is 1. The van der Waals surface area contributed by atoms with E-state index in [1.54, 1.807) is 0 Å². The lowest BCUT2D eigenvalue weighted by Gasteiger charge is -1.97. The SMILES string of the molecule is N=C(C#Cc1ccccc1)SCc1ccccc1. The summed E-state index contributed by atoms with van der Waals surface area (Å²) >= 11 is 1.46. The van der Waals surface area contributed by atoms with Gasteiger partial charge in [0.2, 0.25) is 0 Å². The molecule has 18 heavy (non-hydrogen) atoms. The highest BCUT2D eigenvalue weighted by atomic mass is 32.2. The van der Waals surface area contributed by atoms with Crippen molar-refractivity contribution in [1.29, 1.82) is 5.41 Å². The van der Waals surface area contributed by atoms with Gasteiger partial charge in [0, 0.05) is 11.3 Å². The van der Waals surface area contributed by atoms with Crippen LogP contribution in [0.2, 0.25) is 0 Å². The first-order valence-corrected chi connectivity index (χ1v) is 6.65. The average Bonchev–Trinajstić information content (AvgIpc) is 2.45. The Morgan fingerprint density at radius 3 is 2.22 bits per heavy atom. The van der Waals surface area contributed by atoms with Crippen LogP contribution >= 0.6 is 11.8 Å². The zero-order valence-corrected chi connectivity index (χ0v) is 10.7. The van der Waals surface area contributed by atoms with Crippen LogP contribution < -0.4 is 0 Å². The van der Waals surface area contributed by atoms with Gasteiger partial charge in [0.1, 0.15) is 5.04 Å². The second kappa shape index (κ2) is 6.68. The summed E-state index contributed by atoms with van der Waals surface area (Å²) in [6.45, 7) is 0. The Bertz CT molecular complexity index is 564. The Labute approximate surface area is 112 Å². The highest BCUT2D eigenvalue weighted by molar-refractivity contribution is 8.13. The molecule has 0 atom stereocenters. The standard InChI is InChI=1S/C16H13NS/c17-16(12-11-14-7-3-1-4-8-14)18-13-15-9-5-2-6-10-15/h1-10,17H,13H2. The monoisotopic (exact) mass is 251 g/mol. The van der Waals surface area contributed by atoms with E-state index in [1.807, 2.05) is 48.5 Å². The summed E-state index contributed by atoms with van der Waals surface area (Å²) in [5.41, 5.74) is 2.16. The first-order valence-electron chi connectivity index (χ1n) is 5.67. The summed E-state index contributed by atoms with van der Waals surface area (Å²) in [4.78, 5) is 0. The molecule has 0 unspecified atom stereocenters. The minimum atomic E-state index is 0.405. The molecule has 2 rings (SSSR count). The molecule has 2 heteroatoms. The molecule has 0 bridgehead atoms. The summed E-state index contributed by atoms with van der Waals surface area (Å²) < 4.78 is 0. The maximum absolute atomic E-state index is 7.78. The van der Waals surface area contributed by atoms with Crippen LogP contribution in [0.25, 0.3) is 0 Å². The Morgan fingerprint density at radius 2 is 1.56 bits per heavy atom. The van der Waals surface area contributed by atoms with Gasteiger partial charge >= 0.3 is 0 Å². The van der Waals surface area contributed by atoms with E-state index in [2.05, 4.69) is 24.0 Å². The van der Waals surface area contributed by atoms with Crippen molar-refractivity contribution in [2.75, 3.05) is 0 Å². The van der Waals surface area contributed by atoms with Gasteiger partial charge in [-0.1, -0.05) is 66.2 Å². The summed E-state index contributed by atoms with van der Waals surface area (Å²) in [6, 6.07) is 19.9. The third-order valence-corrected chi connectivity index (χ3v) is 3.19. The largest absolute Gasteiger partial charge is 0.286 e. The zero-order chi connectivity index (χ0) is 12.6. The van der Waals surface area contributed by atoms with Crippen LogP contribution in [0, 0.1) is 17.3 Å². The van der Waals surface area contributed by atoms with E-state index < -0.39 is 0 Å². The lowest BCUT2D eigenvalue weighted by atomic mass is 10.2. The molecule has 1 nitrogen and oxygen atoms in total. The summed E-state index contributed by atoms with van der Waals surface area (Å²) in [5.74, 6) is 6.65. The third-order valence-electron chi connectivity index (χ3n) is 2.32. The molecule has 0 amide bonds. The van der Waals surface area contributed by atoms with Crippen LogP contribution in [0.3, 0.4) is 0 Å². The van der Waals surface area contributed by atoms with Gasteiger partial charge < -0.3 is 0 Å². The van der Waals surface area contributed by atoms with Gasteiger partial charge in [-0.25, -0.2) is 0 Å². The van der Waals surface area contributed by atoms with Crippen LogP contribution in [0.4, 0.5) is 0 Å². The quantitative estimate of drug-likeness (QED) is 0.488. The number of thioether (sulfide) groups is 1. The molecule has 0 heterocycles. The molecule has 0 radical (unpaired) electrons. The maximum atomic E-state index is 7.78. The smallest absolute Gasteiger partial charge is 0.139 e. The predicted molar refractivity (Wildman–Crippen MR) is 78.8 cm³/mol. The highest BCUT2D eigenvalue weighted by Crippen LogP contribution is 2.12. The molecule has 0 aliphatic heterocycles. The Morgan fingerprint density at radius 1 is 0.944 bits per heavy atom. The van der Waals surface area contributed by atoms with Crippen molar-refractivity contribution < 1.29 is 0 Å². The number of benzene rings is 2. The van der Waals surface area contributed by atoms with E-state index in [-0.39, 0.29) is 0 Å². The first-order chi connectivity index (χ1) is 8.84. The van der Waals surface area contributed by atoms with Crippen LogP contribution in [0.5, 0.6) is 0 Å². The molecule has 0 aliphatic rings. The molecule has 2 aromatic rings. The second-order valence-corrected chi connectivity index (χ2v) is 4.71. The highest BCUT2D eigenvalue weighted by Gasteiger charge is 1.95. The van der Waals surface area contributed by atoms with E-state index in [4.69, 9.17) is 5.41 Å². The summed E-state index contributed by atoms with van der Waals surface area (Å²) in [7, 11) is 0. The minimum Gasteiger partial charge on any atom is -0.286 e. The number of hydrogen-bond acceptors (Lipinski definition) is 2. The molecule has 0 saturated carbocycles. The van der Waals surface area contributed by atoms with Crippen LogP contribution in [0.15, 0.2) is 60.7 Å². The predicted octanol–water partition coefficient (Wildman–Crippen LogP) is 3.95. The Kier molecular flexibility index (Phi) is 4.63. The number of rotatable bonds is 2. The topological polar surface area (TPSA) is 23.9 Å². The second-order valence-electron chi connectivity index (χ2n) is 3.72. The van der Waals surface area contributed by atoms with E-state index >= 15 is 0 Å². The Balaban J connectivity index is 1.89. The van der Waals surface area contributed by atoms with Gasteiger partial charge in [-0.05, 0) is 23.6 Å². The molecule has 88 valence electrons. The molecular formula is C16H13NS. The van der Waals surface area contributed by atoms with Crippen molar-refractivity contribution in [3.05, 3.63) is 71.8 Å². The van der Waals surface area contributed by atoms with Crippen molar-refractivity contribution >= 4 is 16.8 Å². The van der Waals surface area contributed by atoms with Crippen molar-refractivity contribution in [3.63, 3.8) is 0 Å². The molecule has 1 N–H and O–H groups in total. The van der Waals surface area contributed by atoms with Crippen molar-refractivity contribution in [1.82, 2.24) is 0 Å². The third kappa shape index (κ3) is 4.12. The average molecular weight is 251 g/mol. The lowest BCUT2D eigenvalue weighted by molar-refractivity contribution is 1.42. The van der Waals surface area contributed by atoms with Gasteiger partial charge in [-0.2, -0.15) is 0 Å². The fourth-order valence-corrected chi connectivity index (χ4v) is 2.04. The molecule has 2 aromatic carbocycles. The van der Waals surface area contributed by atoms with Crippen LogP contribution in [-0.2, 0) is 5.75 Å². The molecule has 0 saturated heterocycles. The van der Waals surface area contributed by atoms with Crippen LogP contribution in [-0.4, -0.2) is 5.04 Å². The van der Waals surface area contributed by atoms with Gasteiger partial charge in [0.05, 0.1) is 0 Å². The molecule has 0 spiro atoms. The summed E-state index contributed by atoms with van der Waals surface area (Å²) in [5, 5.41) is 8.18. The van der Waals surface area contributed by atoms with E-state index in [0.717, 1.165) is 11.3 Å². The number of nitrogens with one attached hydrogen (secondary N) is 1. The normalized spacial score (nSPS) is 9.33. The van der Waals surface area contributed by atoms with Crippen LogP contribution in [0.1, 0.15) is 11.1 Å². The lowest BCUT2D eigenvalue weighted by Crippen LogP contribution is -1.87. The fraction of sp³-hybridized carbons (Fsp3) is 0.0625. The molecule has 0 aromatic heterocycles.